The number of nitrogens with zero attached hydrogens (tertiary/aromatic N) is 1. The average molecular weight is 409 g/mol. The normalized spacial score (nSPS) is 10.3. The summed E-state index contributed by atoms with van der Waals surface area (Å²) in [5.74, 6) is 1.61. The number of benzene rings is 1. The van der Waals surface area contributed by atoms with Crippen molar-refractivity contribution in [3.63, 3.8) is 0 Å². The number of aromatic nitrogens is 1. The molecule has 0 saturated heterocycles. The van der Waals surface area contributed by atoms with Crippen molar-refractivity contribution < 1.29 is 4.74 Å². The van der Waals surface area contributed by atoms with Crippen molar-refractivity contribution in [2.45, 2.75) is 6.92 Å². The largest absolute Gasteiger partial charge is 0.436 e. The van der Waals surface area contributed by atoms with E-state index in [9.17, 15) is 0 Å². The van der Waals surface area contributed by atoms with E-state index in [0.29, 0.717) is 27.5 Å². The monoisotopic (exact) mass is 408 g/mol. The summed E-state index contributed by atoms with van der Waals surface area (Å²) in [7, 11) is 0. The molecule has 3 nitrogen and oxygen atoms in total. The molecule has 0 unspecified atom stereocenters. The summed E-state index contributed by atoms with van der Waals surface area (Å²) in [6.45, 7) is 2.68. The fourth-order valence-electron chi connectivity index (χ4n) is 1.44. The minimum absolute atomic E-state index is 0.339. The number of ether oxygens (including phenoxy) is 1. The number of para-hydroxylation sites is 1. The predicted octanol–water partition coefficient (Wildman–Crippen LogP) is 5.22. The van der Waals surface area contributed by atoms with E-state index in [0.717, 1.165) is 10.1 Å². The Kier molecular flexibility index (Phi) is 5.13. The van der Waals surface area contributed by atoms with Gasteiger partial charge in [0.1, 0.15) is 16.6 Å². The first-order chi connectivity index (χ1) is 9.11. The van der Waals surface area contributed by atoms with Gasteiger partial charge in [0, 0.05) is 6.54 Å². The molecule has 0 aliphatic carbocycles. The lowest BCUT2D eigenvalue weighted by Gasteiger charge is -2.11. The van der Waals surface area contributed by atoms with Crippen LogP contribution in [0.25, 0.3) is 0 Å². The van der Waals surface area contributed by atoms with Crippen molar-refractivity contribution in [2.75, 3.05) is 11.9 Å². The highest BCUT2D eigenvalue weighted by Crippen LogP contribution is 2.34. The number of nitrogens with one attached hydrogen (secondary N) is 1. The van der Waals surface area contributed by atoms with Gasteiger partial charge < -0.3 is 10.1 Å². The summed E-state index contributed by atoms with van der Waals surface area (Å²) >= 11 is 14.3. The molecule has 0 spiro atoms. The van der Waals surface area contributed by atoms with Gasteiger partial charge in [-0.25, -0.2) is 0 Å². The maximum absolute atomic E-state index is 6.10. The number of hydrogen-bond acceptors (Lipinski definition) is 3. The van der Waals surface area contributed by atoms with Gasteiger partial charge in [-0.15, -0.1) is 0 Å². The molecule has 1 aromatic heterocycles. The van der Waals surface area contributed by atoms with Crippen LogP contribution in [0.2, 0.25) is 10.0 Å². The van der Waals surface area contributed by atoms with Crippen LogP contribution in [-0.4, -0.2) is 11.5 Å². The van der Waals surface area contributed by atoms with Crippen LogP contribution in [0.3, 0.4) is 0 Å². The van der Waals surface area contributed by atoms with Crippen LogP contribution in [0.4, 0.5) is 5.82 Å². The Bertz CT molecular complexity index is 593. The first-order valence-electron chi connectivity index (χ1n) is 5.64. The molecule has 6 heteroatoms. The first-order valence-corrected chi connectivity index (χ1v) is 7.47. The number of hydrogen-bond donors (Lipinski definition) is 1. The Hall–Kier alpha value is -0.720. The molecule has 0 radical (unpaired) electrons. The number of halogens is 3. The second kappa shape index (κ2) is 6.63. The maximum Gasteiger partial charge on any atom is 0.240 e. The molecule has 1 heterocycles. The zero-order chi connectivity index (χ0) is 13.8. The molecule has 0 aliphatic rings. The van der Waals surface area contributed by atoms with Crippen molar-refractivity contribution in [2.24, 2.45) is 0 Å². The lowest BCUT2D eigenvalue weighted by atomic mass is 10.3. The van der Waals surface area contributed by atoms with Crippen molar-refractivity contribution in [3.05, 3.63) is 43.9 Å². The van der Waals surface area contributed by atoms with Crippen LogP contribution in [0.15, 0.2) is 30.3 Å². The van der Waals surface area contributed by atoms with Gasteiger partial charge in [0.2, 0.25) is 5.88 Å². The highest BCUT2D eigenvalue weighted by Gasteiger charge is 2.12. The third-order valence-corrected chi connectivity index (χ3v) is 3.73. The molecule has 19 heavy (non-hydrogen) atoms. The third-order valence-electron chi connectivity index (χ3n) is 2.28. The standard InChI is InChI=1S/C13H11Cl2IN2O/c1-2-17-12-8(14)7-9(15)13(18-12)19-11-6-4-3-5-10(11)16/h3-7H,2H2,1H3,(H,17,18). The Morgan fingerprint density at radius 1 is 1.26 bits per heavy atom. The molecule has 0 atom stereocenters. The fraction of sp³-hybridized carbons (Fsp3) is 0.154. The van der Waals surface area contributed by atoms with E-state index in [4.69, 9.17) is 27.9 Å². The number of anilines is 1. The average Bonchev–Trinajstić information content (AvgIpc) is 2.38. The summed E-state index contributed by atoms with van der Waals surface area (Å²) in [4.78, 5) is 4.30. The number of pyridine rings is 1. The molecule has 1 N–H and O–H groups in total. The number of rotatable bonds is 4. The second-order valence-electron chi connectivity index (χ2n) is 3.67. The van der Waals surface area contributed by atoms with Crippen molar-refractivity contribution >= 4 is 51.6 Å². The van der Waals surface area contributed by atoms with E-state index in [1.54, 1.807) is 6.07 Å². The van der Waals surface area contributed by atoms with Crippen LogP contribution < -0.4 is 10.1 Å². The zero-order valence-corrected chi connectivity index (χ0v) is 13.8. The van der Waals surface area contributed by atoms with Crippen LogP contribution in [0, 0.1) is 3.57 Å². The predicted molar refractivity (Wildman–Crippen MR) is 87.7 cm³/mol. The van der Waals surface area contributed by atoms with Gasteiger partial charge in [-0.2, -0.15) is 4.98 Å². The van der Waals surface area contributed by atoms with Gasteiger partial charge in [-0.3, -0.25) is 0 Å². The summed E-state index contributed by atoms with van der Waals surface area (Å²) in [5, 5.41) is 3.92. The van der Waals surface area contributed by atoms with Crippen LogP contribution >= 0.6 is 45.8 Å². The van der Waals surface area contributed by atoms with Crippen molar-refractivity contribution in [3.8, 4) is 11.6 Å². The molecule has 0 bridgehead atoms. The van der Waals surface area contributed by atoms with Crippen molar-refractivity contribution in [1.29, 1.82) is 0 Å². The van der Waals surface area contributed by atoms with Crippen LogP contribution in [0.1, 0.15) is 6.92 Å². The van der Waals surface area contributed by atoms with Gasteiger partial charge in [0.15, 0.2) is 0 Å². The second-order valence-corrected chi connectivity index (χ2v) is 5.65. The SMILES string of the molecule is CCNc1nc(Oc2ccccc2I)c(Cl)cc1Cl. The fourth-order valence-corrected chi connectivity index (χ4v) is 2.41. The third kappa shape index (κ3) is 3.64. The molecule has 100 valence electrons. The van der Waals surface area contributed by atoms with E-state index < -0.39 is 0 Å². The minimum Gasteiger partial charge on any atom is -0.436 e. The summed E-state index contributed by atoms with van der Waals surface area (Å²) < 4.78 is 6.72. The molecule has 0 aliphatic heterocycles. The molecule has 2 aromatic rings. The first kappa shape index (κ1) is 14.7. The Morgan fingerprint density at radius 3 is 2.68 bits per heavy atom. The smallest absolute Gasteiger partial charge is 0.240 e. The van der Waals surface area contributed by atoms with E-state index >= 15 is 0 Å². The minimum atomic E-state index is 0.339. The molecule has 1 aromatic carbocycles. The molecular weight excluding hydrogens is 398 g/mol. The Labute approximate surface area is 135 Å². The van der Waals surface area contributed by atoms with E-state index in [1.165, 1.54) is 0 Å². The van der Waals surface area contributed by atoms with E-state index in [2.05, 4.69) is 32.9 Å². The van der Waals surface area contributed by atoms with Gasteiger partial charge in [-0.1, -0.05) is 35.3 Å². The van der Waals surface area contributed by atoms with Crippen LogP contribution in [0.5, 0.6) is 11.6 Å². The molecule has 2 rings (SSSR count). The highest BCUT2D eigenvalue weighted by atomic mass is 127. The summed E-state index contributed by atoms with van der Waals surface area (Å²) in [6, 6.07) is 9.27. The van der Waals surface area contributed by atoms with Gasteiger partial charge >= 0.3 is 0 Å². The molecule has 0 fully saturated rings. The van der Waals surface area contributed by atoms with Gasteiger partial charge in [-0.05, 0) is 47.7 Å². The summed E-state index contributed by atoms with van der Waals surface area (Å²) in [5.41, 5.74) is 0. The molecule has 0 saturated carbocycles. The zero-order valence-electron chi connectivity index (χ0n) is 10.1. The Balaban J connectivity index is 2.34. The maximum atomic E-state index is 6.10. The van der Waals surface area contributed by atoms with Gasteiger partial charge in [0.05, 0.1) is 8.59 Å². The lowest BCUT2D eigenvalue weighted by molar-refractivity contribution is 0.461. The van der Waals surface area contributed by atoms with E-state index in [-0.39, 0.29) is 0 Å². The Morgan fingerprint density at radius 2 is 2.00 bits per heavy atom. The highest BCUT2D eigenvalue weighted by molar-refractivity contribution is 14.1. The molecular formula is C13H11Cl2IN2O. The topological polar surface area (TPSA) is 34.2 Å². The van der Waals surface area contributed by atoms with Crippen molar-refractivity contribution in [1.82, 2.24) is 4.98 Å². The quantitative estimate of drug-likeness (QED) is 0.704. The molecule has 0 amide bonds. The lowest BCUT2D eigenvalue weighted by Crippen LogP contribution is -2.01. The van der Waals surface area contributed by atoms with Crippen LogP contribution in [-0.2, 0) is 0 Å². The van der Waals surface area contributed by atoms with E-state index in [1.807, 2.05) is 31.2 Å². The van der Waals surface area contributed by atoms with Gasteiger partial charge in [0.25, 0.3) is 0 Å². The summed E-state index contributed by atoms with van der Waals surface area (Å²) in [6.07, 6.45) is 0.